The summed E-state index contributed by atoms with van der Waals surface area (Å²) in [6.07, 6.45) is 5.54. The first kappa shape index (κ1) is 27.5. The third kappa shape index (κ3) is 7.20. The summed E-state index contributed by atoms with van der Waals surface area (Å²) in [5.74, 6) is -1.74. The van der Waals surface area contributed by atoms with Crippen molar-refractivity contribution in [1.29, 1.82) is 0 Å². The van der Waals surface area contributed by atoms with Gasteiger partial charge >= 0.3 is 0 Å². The van der Waals surface area contributed by atoms with E-state index in [1.807, 2.05) is 0 Å². The van der Waals surface area contributed by atoms with Crippen molar-refractivity contribution >= 4 is 50.5 Å². The van der Waals surface area contributed by atoms with Crippen molar-refractivity contribution in [2.24, 2.45) is 5.14 Å². The zero-order valence-corrected chi connectivity index (χ0v) is 21.1. The van der Waals surface area contributed by atoms with Crippen LogP contribution in [-0.4, -0.2) is 25.2 Å². The van der Waals surface area contributed by atoms with Gasteiger partial charge in [-0.25, -0.2) is 22.9 Å². The molecule has 3 rings (SSSR count). The second-order valence-corrected chi connectivity index (χ2v) is 9.63. The van der Waals surface area contributed by atoms with E-state index in [4.69, 9.17) is 16.7 Å². The van der Waals surface area contributed by atoms with Crippen molar-refractivity contribution in [2.75, 3.05) is 10.6 Å². The molecule has 11 heteroatoms. The summed E-state index contributed by atoms with van der Waals surface area (Å²) in [5, 5.41) is 10.8. The maximum Gasteiger partial charge on any atom is 0.259 e. The minimum absolute atomic E-state index is 0.0732. The molecule has 1 heterocycles. The highest BCUT2D eigenvalue weighted by molar-refractivity contribution is 7.93. The Bertz CT molecular complexity index is 1520. The van der Waals surface area contributed by atoms with E-state index in [-0.39, 0.29) is 27.5 Å². The van der Waals surface area contributed by atoms with Gasteiger partial charge in [-0.2, -0.15) is 0 Å². The van der Waals surface area contributed by atoms with E-state index in [0.29, 0.717) is 16.2 Å². The number of aromatic nitrogens is 1. The molecule has 2 aromatic carbocycles. The molecule has 0 atom stereocenters. The van der Waals surface area contributed by atoms with Gasteiger partial charge in [-0.15, -0.1) is 0 Å². The van der Waals surface area contributed by atoms with Crippen LogP contribution in [0.4, 0.5) is 15.9 Å². The van der Waals surface area contributed by atoms with E-state index in [0.717, 1.165) is 12.1 Å². The zero-order chi connectivity index (χ0) is 27.2. The van der Waals surface area contributed by atoms with E-state index in [2.05, 4.69) is 22.2 Å². The molecule has 0 saturated heterocycles. The standard InChI is InChI=1S/C26H22ClFN4O4S/c1-3-4-5-23(37(29,35)36)16(2)17-6-8-18(9-7-17)25(33)31-22-12-11-20(28)14-21(22)26(34)32-24-13-10-19(27)15-30-24/h3-15H,1H2,2H3,(H,31,33)(H2,29,35,36)(H,30,32,34)/b5-4-,23-16-. The van der Waals surface area contributed by atoms with E-state index >= 15 is 0 Å². The molecule has 0 aliphatic carbocycles. The molecule has 0 aliphatic rings. The van der Waals surface area contributed by atoms with Crippen LogP contribution in [0.2, 0.25) is 5.02 Å². The molecular weight excluding hydrogens is 519 g/mol. The lowest BCUT2D eigenvalue weighted by molar-refractivity contribution is 0.102. The van der Waals surface area contributed by atoms with Crippen molar-refractivity contribution in [3.8, 4) is 0 Å². The molecule has 0 unspecified atom stereocenters. The number of hydrogen-bond acceptors (Lipinski definition) is 5. The van der Waals surface area contributed by atoms with Gasteiger partial charge in [-0.1, -0.05) is 42.5 Å². The molecule has 0 radical (unpaired) electrons. The van der Waals surface area contributed by atoms with Crippen LogP contribution < -0.4 is 15.8 Å². The number of benzene rings is 2. The first-order valence-corrected chi connectivity index (χ1v) is 12.6. The highest BCUT2D eigenvalue weighted by Crippen LogP contribution is 2.24. The minimum Gasteiger partial charge on any atom is -0.321 e. The zero-order valence-electron chi connectivity index (χ0n) is 19.5. The lowest BCUT2D eigenvalue weighted by Gasteiger charge is -2.12. The highest BCUT2D eigenvalue weighted by Gasteiger charge is 2.18. The number of amides is 2. The summed E-state index contributed by atoms with van der Waals surface area (Å²) in [4.78, 5) is 29.5. The second kappa shape index (κ2) is 11.7. The minimum atomic E-state index is -4.01. The number of sulfonamides is 1. The Hall–Kier alpha value is -4.12. The molecule has 1 aromatic heterocycles. The van der Waals surface area contributed by atoms with Crippen LogP contribution in [0.1, 0.15) is 33.2 Å². The SMILES string of the molecule is C=C/C=C\C(=C(/C)c1ccc(C(=O)Nc2ccc(F)cc2C(=O)Nc2ccc(Cl)cn2)cc1)S(N)(=O)=O. The molecule has 0 aliphatic heterocycles. The number of primary sulfonamides is 1. The Kier molecular flexibility index (Phi) is 8.72. The molecular formula is C26H22ClFN4O4S. The summed E-state index contributed by atoms with van der Waals surface area (Å²) in [7, 11) is -4.01. The Morgan fingerprint density at radius 3 is 2.30 bits per heavy atom. The number of rotatable bonds is 8. The first-order valence-electron chi connectivity index (χ1n) is 10.7. The van der Waals surface area contributed by atoms with Gasteiger partial charge in [0.25, 0.3) is 11.8 Å². The molecule has 8 nitrogen and oxygen atoms in total. The average molecular weight is 541 g/mol. The molecule has 0 saturated carbocycles. The average Bonchev–Trinajstić information content (AvgIpc) is 2.85. The number of halogens is 2. The smallest absolute Gasteiger partial charge is 0.259 e. The van der Waals surface area contributed by atoms with Crippen LogP contribution in [-0.2, 0) is 10.0 Å². The number of hydrogen-bond donors (Lipinski definition) is 3. The third-order valence-electron chi connectivity index (χ3n) is 5.08. The van der Waals surface area contributed by atoms with Crippen molar-refractivity contribution in [3.05, 3.63) is 118 Å². The molecule has 0 spiro atoms. The third-order valence-corrected chi connectivity index (χ3v) is 6.36. The normalized spacial score (nSPS) is 12.1. The summed E-state index contributed by atoms with van der Waals surface area (Å²) in [6, 6.07) is 12.4. The van der Waals surface area contributed by atoms with Gasteiger partial charge in [0.15, 0.2) is 0 Å². The summed E-state index contributed by atoms with van der Waals surface area (Å²) in [6.45, 7) is 5.10. The number of carbonyl (C=O) groups excluding carboxylic acids is 2. The van der Waals surface area contributed by atoms with Gasteiger partial charge in [-0.05, 0) is 66.6 Å². The first-order chi connectivity index (χ1) is 17.5. The van der Waals surface area contributed by atoms with Crippen LogP contribution in [0.5, 0.6) is 0 Å². The molecule has 190 valence electrons. The molecule has 0 bridgehead atoms. The maximum absolute atomic E-state index is 13.9. The Balaban J connectivity index is 1.85. The molecule has 4 N–H and O–H groups in total. The number of pyridine rings is 1. The summed E-state index contributed by atoms with van der Waals surface area (Å²) in [5.41, 5.74) is 1.06. The second-order valence-electron chi connectivity index (χ2n) is 7.67. The van der Waals surface area contributed by atoms with Gasteiger partial charge in [-0.3, -0.25) is 9.59 Å². The fraction of sp³-hybridized carbons (Fsp3) is 0.0385. The number of allylic oxidation sites excluding steroid dienone is 4. The Morgan fingerprint density at radius 2 is 1.70 bits per heavy atom. The van der Waals surface area contributed by atoms with Gasteiger partial charge in [0.2, 0.25) is 10.0 Å². The topological polar surface area (TPSA) is 131 Å². The number of anilines is 2. The van der Waals surface area contributed by atoms with Crippen molar-refractivity contribution in [3.63, 3.8) is 0 Å². The van der Waals surface area contributed by atoms with Crippen LogP contribution in [0, 0.1) is 5.82 Å². The Labute approximate surface area is 218 Å². The number of nitrogens with one attached hydrogen (secondary N) is 2. The van der Waals surface area contributed by atoms with Gasteiger partial charge in [0, 0.05) is 11.8 Å². The van der Waals surface area contributed by atoms with Crippen LogP contribution >= 0.6 is 11.6 Å². The van der Waals surface area contributed by atoms with Crippen LogP contribution in [0.3, 0.4) is 0 Å². The fourth-order valence-electron chi connectivity index (χ4n) is 3.24. The highest BCUT2D eigenvalue weighted by atomic mass is 35.5. The molecule has 0 fully saturated rings. The lowest BCUT2D eigenvalue weighted by atomic mass is 10.0. The van der Waals surface area contributed by atoms with E-state index in [9.17, 15) is 22.4 Å². The van der Waals surface area contributed by atoms with Crippen LogP contribution in [0.15, 0.2) is 90.5 Å². The Morgan fingerprint density at radius 1 is 1.03 bits per heavy atom. The van der Waals surface area contributed by atoms with E-state index in [1.165, 1.54) is 54.8 Å². The van der Waals surface area contributed by atoms with E-state index < -0.39 is 27.7 Å². The largest absolute Gasteiger partial charge is 0.321 e. The van der Waals surface area contributed by atoms with Crippen molar-refractivity contribution in [2.45, 2.75) is 6.92 Å². The van der Waals surface area contributed by atoms with Crippen LogP contribution in [0.25, 0.3) is 5.57 Å². The predicted octanol–water partition coefficient (Wildman–Crippen LogP) is 5.14. The molecule has 2 amide bonds. The maximum atomic E-state index is 13.9. The fourth-order valence-corrected chi connectivity index (χ4v) is 4.17. The van der Waals surface area contributed by atoms with Gasteiger partial charge in [0.1, 0.15) is 11.6 Å². The van der Waals surface area contributed by atoms with Gasteiger partial charge in [0.05, 0.1) is 21.2 Å². The van der Waals surface area contributed by atoms with Crippen molar-refractivity contribution < 1.29 is 22.4 Å². The molecule has 3 aromatic rings. The summed E-state index contributed by atoms with van der Waals surface area (Å²) < 4.78 is 37.9. The predicted molar refractivity (Wildman–Crippen MR) is 143 cm³/mol. The molecule has 37 heavy (non-hydrogen) atoms. The quantitative estimate of drug-likeness (QED) is 0.340. The van der Waals surface area contributed by atoms with E-state index in [1.54, 1.807) is 19.1 Å². The lowest BCUT2D eigenvalue weighted by Crippen LogP contribution is -2.19. The van der Waals surface area contributed by atoms with Crippen molar-refractivity contribution in [1.82, 2.24) is 4.98 Å². The summed E-state index contributed by atoms with van der Waals surface area (Å²) >= 11 is 5.80. The number of carbonyl (C=O) groups is 2. The van der Waals surface area contributed by atoms with Gasteiger partial charge < -0.3 is 10.6 Å². The number of nitrogens with zero attached hydrogens (tertiary/aromatic N) is 1. The monoisotopic (exact) mass is 540 g/mol. The number of nitrogens with two attached hydrogens (primary N) is 1.